The molecule has 0 unspecified atom stereocenters. The van der Waals surface area contributed by atoms with Crippen LogP contribution in [-0.2, 0) is 19.3 Å². The van der Waals surface area contributed by atoms with Crippen LogP contribution in [0.15, 0.2) is 54.8 Å². The normalized spacial score (nSPS) is 11.6. The van der Waals surface area contributed by atoms with Gasteiger partial charge in [-0.2, -0.15) is 0 Å². The van der Waals surface area contributed by atoms with Crippen LogP contribution in [0.25, 0.3) is 21.8 Å². The number of nitrogens with zero attached hydrogens (tertiary/aromatic N) is 2. The molecule has 0 saturated heterocycles. The maximum absolute atomic E-state index is 12.7. The number of benzene rings is 2. The van der Waals surface area contributed by atoms with E-state index >= 15 is 0 Å². The van der Waals surface area contributed by atoms with Crippen LogP contribution in [0.2, 0.25) is 0 Å². The van der Waals surface area contributed by atoms with Gasteiger partial charge in [0.05, 0.1) is 21.8 Å². The summed E-state index contributed by atoms with van der Waals surface area (Å²) in [7, 11) is 0. The molecular formula is C35H46N2O4. The molecule has 0 aliphatic rings. The van der Waals surface area contributed by atoms with Crippen molar-refractivity contribution < 1.29 is 8.83 Å². The first-order valence-corrected chi connectivity index (χ1v) is 15.9. The highest BCUT2D eigenvalue weighted by Crippen LogP contribution is 2.19. The Morgan fingerprint density at radius 2 is 0.927 bits per heavy atom. The monoisotopic (exact) mass is 558 g/mol. The van der Waals surface area contributed by atoms with Gasteiger partial charge in [0.1, 0.15) is 0 Å². The van der Waals surface area contributed by atoms with Gasteiger partial charge in [0.2, 0.25) is 0 Å². The Kier molecular flexibility index (Phi) is 12.1. The third-order valence-electron chi connectivity index (χ3n) is 7.87. The fourth-order valence-electron chi connectivity index (χ4n) is 5.46. The zero-order valence-corrected chi connectivity index (χ0v) is 25.0. The van der Waals surface area contributed by atoms with Crippen LogP contribution >= 0.6 is 0 Å². The van der Waals surface area contributed by atoms with Crippen molar-refractivity contribution in [2.45, 2.75) is 123 Å². The van der Waals surface area contributed by atoms with Gasteiger partial charge in [0, 0.05) is 12.8 Å². The Morgan fingerprint density at radius 1 is 0.537 bits per heavy atom. The molecule has 4 aromatic rings. The number of fused-ring (bicyclic) bond motifs is 2. The van der Waals surface area contributed by atoms with Crippen LogP contribution in [0.3, 0.4) is 0 Å². The van der Waals surface area contributed by atoms with Gasteiger partial charge in [-0.1, -0.05) is 103 Å². The molecular weight excluding hydrogens is 512 g/mol. The molecule has 2 aromatic heterocycles. The molecule has 0 saturated carbocycles. The first-order chi connectivity index (χ1) is 20.1. The summed E-state index contributed by atoms with van der Waals surface area (Å²) >= 11 is 0. The molecule has 6 nitrogen and oxygen atoms in total. The Balaban J connectivity index is 1.35. The molecule has 0 spiro atoms. The second-order valence-electron chi connectivity index (χ2n) is 11.4. The van der Waals surface area contributed by atoms with Crippen LogP contribution in [0.5, 0.6) is 0 Å². The Hall–Kier alpha value is -3.28. The molecule has 4 rings (SSSR count). The van der Waals surface area contributed by atoms with E-state index in [0.717, 1.165) is 36.8 Å². The van der Waals surface area contributed by atoms with Crippen LogP contribution in [0.1, 0.15) is 127 Å². The van der Waals surface area contributed by atoms with Gasteiger partial charge >= 0.3 is 11.3 Å². The van der Waals surface area contributed by atoms with Crippen molar-refractivity contribution in [3.05, 3.63) is 80.1 Å². The van der Waals surface area contributed by atoms with Crippen molar-refractivity contribution in [3.63, 3.8) is 0 Å². The SMILES string of the molecule is CCCCCCCCCc1nc2ccc(Cc3ccc4nc(CCCCCCCCC)oc(=O)c4c3)cc2c(=O)o1. The molecule has 0 fully saturated rings. The van der Waals surface area contributed by atoms with E-state index in [1.54, 1.807) is 0 Å². The lowest BCUT2D eigenvalue weighted by molar-refractivity contribution is 0.433. The van der Waals surface area contributed by atoms with Gasteiger partial charge in [-0.15, -0.1) is 0 Å². The number of hydrogen-bond acceptors (Lipinski definition) is 6. The minimum Gasteiger partial charge on any atom is -0.408 e. The third-order valence-corrected chi connectivity index (χ3v) is 7.87. The zero-order valence-electron chi connectivity index (χ0n) is 25.0. The number of aryl methyl sites for hydroxylation is 2. The largest absolute Gasteiger partial charge is 0.408 e. The Bertz CT molecular complexity index is 1390. The van der Waals surface area contributed by atoms with Crippen molar-refractivity contribution in [2.24, 2.45) is 0 Å². The molecule has 0 amide bonds. The number of aromatic nitrogens is 2. The molecule has 6 heteroatoms. The van der Waals surface area contributed by atoms with Gasteiger partial charge in [0.25, 0.3) is 0 Å². The molecule has 0 atom stereocenters. The van der Waals surface area contributed by atoms with E-state index in [9.17, 15) is 9.59 Å². The summed E-state index contributed by atoms with van der Waals surface area (Å²) in [4.78, 5) is 34.7. The van der Waals surface area contributed by atoms with Gasteiger partial charge < -0.3 is 8.83 Å². The topological polar surface area (TPSA) is 86.2 Å². The summed E-state index contributed by atoms with van der Waals surface area (Å²) in [6.07, 6.45) is 18.9. The maximum atomic E-state index is 12.7. The minimum absolute atomic E-state index is 0.341. The fourth-order valence-corrected chi connectivity index (χ4v) is 5.46. The van der Waals surface area contributed by atoms with Crippen LogP contribution in [-0.4, -0.2) is 9.97 Å². The summed E-state index contributed by atoms with van der Waals surface area (Å²) in [5, 5.41) is 0.977. The van der Waals surface area contributed by atoms with Gasteiger partial charge in [-0.05, 0) is 54.7 Å². The number of unbranched alkanes of at least 4 members (excludes halogenated alkanes) is 12. The Morgan fingerprint density at radius 3 is 1.34 bits per heavy atom. The molecule has 41 heavy (non-hydrogen) atoms. The lowest BCUT2D eigenvalue weighted by Gasteiger charge is -2.07. The van der Waals surface area contributed by atoms with E-state index in [4.69, 9.17) is 8.83 Å². The van der Waals surface area contributed by atoms with E-state index < -0.39 is 0 Å². The van der Waals surface area contributed by atoms with Gasteiger partial charge in [0.15, 0.2) is 11.8 Å². The first-order valence-electron chi connectivity index (χ1n) is 15.9. The number of rotatable bonds is 18. The van der Waals surface area contributed by atoms with Crippen LogP contribution < -0.4 is 11.3 Å². The lowest BCUT2D eigenvalue weighted by atomic mass is 10.0. The fraction of sp³-hybridized carbons (Fsp3) is 0.543. The highest BCUT2D eigenvalue weighted by atomic mass is 16.4. The van der Waals surface area contributed by atoms with E-state index in [0.29, 0.717) is 52.8 Å². The van der Waals surface area contributed by atoms with Crippen LogP contribution in [0.4, 0.5) is 0 Å². The summed E-state index contributed by atoms with van der Waals surface area (Å²) in [6, 6.07) is 11.5. The predicted molar refractivity (Wildman–Crippen MR) is 167 cm³/mol. The van der Waals surface area contributed by atoms with Crippen molar-refractivity contribution in [2.75, 3.05) is 0 Å². The molecule has 2 aromatic carbocycles. The molecule has 0 aliphatic carbocycles. The average Bonchev–Trinajstić information content (AvgIpc) is 2.97. The summed E-state index contributed by atoms with van der Waals surface area (Å²) in [5.74, 6) is 1.04. The second-order valence-corrected chi connectivity index (χ2v) is 11.4. The van der Waals surface area contributed by atoms with E-state index in [1.165, 1.54) is 64.2 Å². The third kappa shape index (κ3) is 9.37. The van der Waals surface area contributed by atoms with Crippen molar-refractivity contribution in [1.82, 2.24) is 9.97 Å². The average molecular weight is 559 g/mol. The maximum Gasteiger partial charge on any atom is 0.346 e. The molecule has 0 bridgehead atoms. The summed E-state index contributed by atoms with van der Waals surface area (Å²) < 4.78 is 11.1. The predicted octanol–water partition coefficient (Wildman–Crippen LogP) is 8.87. The van der Waals surface area contributed by atoms with Crippen LogP contribution in [0, 0.1) is 0 Å². The van der Waals surface area contributed by atoms with Crippen molar-refractivity contribution >= 4 is 21.8 Å². The smallest absolute Gasteiger partial charge is 0.346 e. The van der Waals surface area contributed by atoms with Crippen molar-refractivity contribution in [1.29, 1.82) is 0 Å². The molecule has 0 aliphatic heterocycles. The Labute approximate surface area is 243 Å². The van der Waals surface area contributed by atoms with E-state index in [2.05, 4.69) is 23.8 Å². The van der Waals surface area contributed by atoms with E-state index in [1.807, 2.05) is 36.4 Å². The quantitative estimate of drug-likeness (QED) is 0.113. The standard InChI is InChI=1S/C35H46N2O4/c1-3-5-7-9-11-13-15-17-32-36-30-21-19-26(24-28(30)34(38)40-32)23-27-20-22-31-29(25-27)35(39)41-33(37-31)18-16-14-12-10-8-6-4-2/h19-22,24-25H,3-18,23H2,1-2H3. The highest BCUT2D eigenvalue weighted by Gasteiger charge is 2.11. The molecule has 0 radical (unpaired) electrons. The summed E-state index contributed by atoms with van der Waals surface area (Å²) in [5.41, 5.74) is 2.57. The molecule has 0 N–H and O–H groups in total. The van der Waals surface area contributed by atoms with Crippen molar-refractivity contribution in [3.8, 4) is 0 Å². The highest BCUT2D eigenvalue weighted by molar-refractivity contribution is 5.79. The number of hydrogen-bond donors (Lipinski definition) is 0. The van der Waals surface area contributed by atoms with Gasteiger partial charge in [-0.3, -0.25) is 0 Å². The van der Waals surface area contributed by atoms with E-state index in [-0.39, 0.29) is 11.3 Å². The zero-order chi connectivity index (χ0) is 28.9. The molecule has 2 heterocycles. The second kappa shape index (κ2) is 16.2. The summed E-state index contributed by atoms with van der Waals surface area (Å²) in [6.45, 7) is 4.45. The van der Waals surface area contributed by atoms with Gasteiger partial charge in [-0.25, -0.2) is 19.6 Å². The lowest BCUT2D eigenvalue weighted by Crippen LogP contribution is -2.07. The first kappa shape index (κ1) is 30.7. The minimum atomic E-state index is -0.341. The molecule has 220 valence electrons.